The predicted octanol–water partition coefficient (Wildman–Crippen LogP) is 1.86. The molecule has 2 amide bonds. The number of nitrogens with one attached hydrogen (secondary N) is 3. The first-order valence-electron chi connectivity index (χ1n) is 10.8. The quantitative estimate of drug-likeness (QED) is 0.347. The first kappa shape index (κ1) is 24.9. The standard InChI is InChI=1S/C22H31N5O5S/c1-21(2,30)10-13-33(31,32)22(8-9-22)17-14-18(24-11-12-28)27-19(26-17)15-4-6-16(7-5-15)25-20(29)23-3/h4-7,14,28,30H,8-13H2,1-3H3,(H2,23,25,29)(H,24,26,27). The largest absolute Gasteiger partial charge is 0.395 e. The topological polar surface area (TPSA) is 154 Å². The molecule has 1 aliphatic carbocycles. The number of carbonyl (C=O) groups is 1. The molecular formula is C22H31N5O5S. The lowest BCUT2D eigenvalue weighted by molar-refractivity contribution is 0.0771. The fourth-order valence-electron chi connectivity index (χ4n) is 3.40. The van der Waals surface area contributed by atoms with Gasteiger partial charge in [0.2, 0.25) is 0 Å². The molecule has 180 valence electrons. The fourth-order valence-corrected chi connectivity index (χ4v) is 5.71. The van der Waals surface area contributed by atoms with Gasteiger partial charge in [-0.25, -0.2) is 23.2 Å². The van der Waals surface area contributed by atoms with Crippen LogP contribution in [0.1, 0.15) is 38.8 Å². The van der Waals surface area contributed by atoms with Gasteiger partial charge < -0.3 is 26.2 Å². The number of benzene rings is 1. The van der Waals surface area contributed by atoms with Crippen molar-refractivity contribution >= 4 is 27.4 Å². The number of carbonyl (C=O) groups excluding carboxylic acids is 1. The van der Waals surface area contributed by atoms with Crippen molar-refractivity contribution in [3.63, 3.8) is 0 Å². The molecule has 1 saturated carbocycles. The minimum atomic E-state index is -3.58. The van der Waals surface area contributed by atoms with Crippen molar-refractivity contribution < 1.29 is 23.4 Å². The van der Waals surface area contributed by atoms with Crippen molar-refractivity contribution in [3.8, 4) is 11.4 Å². The van der Waals surface area contributed by atoms with Gasteiger partial charge >= 0.3 is 6.03 Å². The zero-order valence-corrected chi connectivity index (χ0v) is 19.9. The van der Waals surface area contributed by atoms with E-state index < -0.39 is 20.2 Å². The Morgan fingerprint density at radius 1 is 1.18 bits per heavy atom. The van der Waals surface area contributed by atoms with E-state index in [1.54, 1.807) is 44.2 Å². The second-order valence-electron chi connectivity index (χ2n) is 8.77. The summed E-state index contributed by atoms with van der Waals surface area (Å²) >= 11 is 0. The molecule has 11 heteroatoms. The molecule has 0 atom stereocenters. The number of hydrogen-bond acceptors (Lipinski definition) is 8. The van der Waals surface area contributed by atoms with Crippen LogP contribution in [0.15, 0.2) is 30.3 Å². The second-order valence-corrected chi connectivity index (χ2v) is 11.2. The van der Waals surface area contributed by atoms with Crippen LogP contribution >= 0.6 is 0 Å². The Balaban J connectivity index is 1.96. The Labute approximate surface area is 193 Å². The van der Waals surface area contributed by atoms with E-state index in [1.807, 2.05) is 0 Å². The maximum absolute atomic E-state index is 13.2. The first-order chi connectivity index (χ1) is 15.5. The van der Waals surface area contributed by atoms with Crippen LogP contribution in [0.5, 0.6) is 0 Å². The molecule has 1 aromatic carbocycles. The number of aliphatic hydroxyl groups is 2. The van der Waals surface area contributed by atoms with E-state index in [9.17, 15) is 23.4 Å². The van der Waals surface area contributed by atoms with E-state index >= 15 is 0 Å². The highest BCUT2D eigenvalue weighted by Gasteiger charge is 2.57. The molecule has 0 unspecified atom stereocenters. The molecule has 5 N–H and O–H groups in total. The number of anilines is 2. The highest BCUT2D eigenvalue weighted by Crippen LogP contribution is 2.53. The molecule has 0 radical (unpaired) electrons. The average molecular weight is 478 g/mol. The summed E-state index contributed by atoms with van der Waals surface area (Å²) in [5.74, 6) is 0.610. The van der Waals surface area contributed by atoms with E-state index in [4.69, 9.17) is 0 Å². The molecule has 1 aromatic heterocycles. The lowest BCUT2D eigenvalue weighted by Crippen LogP contribution is -2.30. The van der Waals surface area contributed by atoms with E-state index in [2.05, 4.69) is 25.9 Å². The number of rotatable bonds is 10. The van der Waals surface area contributed by atoms with Gasteiger partial charge in [-0.05, 0) is 57.4 Å². The summed E-state index contributed by atoms with van der Waals surface area (Å²) in [6.07, 6.45) is 1.03. The van der Waals surface area contributed by atoms with Crippen LogP contribution in [0.25, 0.3) is 11.4 Å². The Hall–Kier alpha value is -2.76. The number of aliphatic hydroxyl groups excluding tert-OH is 1. The lowest BCUT2D eigenvalue weighted by Gasteiger charge is -2.21. The zero-order chi connectivity index (χ0) is 24.3. The predicted molar refractivity (Wildman–Crippen MR) is 127 cm³/mol. The highest BCUT2D eigenvalue weighted by atomic mass is 32.2. The van der Waals surface area contributed by atoms with Gasteiger partial charge in [-0.3, -0.25) is 0 Å². The fraction of sp³-hybridized carbons (Fsp3) is 0.500. The number of hydrogen-bond donors (Lipinski definition) is 5. The van der Waals surface area contributed by atoms with Crippen LogP contribution < -0.4 is 16.0 Å². The summed E-state index contributed by atoms with van der Waals surface area (Å²) in [6.45, 7) is 3.32. The van der Waals surface area contributed by atoms with Crippen LogP contribution in [0.4, 0.5) is 16.3 Å². The molecule has 1 aliphatic rings. The summed E-state index contributed by atoms with van der Waals surface area (Å²) < 4.78 is 25.4. The van der Waals surface area contributed by atoms with Crippen molar-refractivity contribution in [2.45, 2.75) is 43.5 Å². The Kier molecular flexibility index (Phi) is 7.25. The first-order valence-corrected chi connectivity index (χ1v) is 12.4. The monoisotopic (exact) mass is 477 g/mol. The van der Waals surface area contributed by atoms with Gasteiger partial charge in [-0.2, -0.15) is 0 Å². The average Bonchev–Trinajstić information content (AvgIpc) is 3.59. The second kappa shape index (κ2) is 9.62. The molecule has 0 spiro atoms. The van der Waals surface area contributed by atoms with Crippen LogP contribution in [0, 0.1) is 0 Å². The maximum atomic E-state index is 13.2. The number of nitrogens with zero attached hydrogens (tertiary/aromatic N) is 2. The minimum Gasteiger partial charge on any atom is -0.395 e. The molecule has 3 rings (SSSR count). The van der Waals surface area contributed by atoms with Crippen molar-refractivity contribution in [1.29, 1.82) is 0 Å². The van der Waals surface area contributed by atoms with Crippen molar-refractivity contribution in [1.82, 2.24) is 15.3 Å². The molecule has 10 nitrogen and oxygen atoms in total. The van der Waals surface area contributed by atoms with Crippen molar-refractivity contribution in [2.24, 2.45) is 0 Å². The summed E-state index contributed by atoms with van der Waals surface area (Å²) in [4.78, 5) is 20.6. The van der Waals surface area contributed by atoms with Gasteiger partial charge in [0.15, 0.2) is 15.7 Å². The number of sulfone groups is 1. The Bertz CT molecular complexity index is 1090. The van der Waals surface area contributed by atoms with Gasteiger partial charge in [-0.1, -0.05) is 0 Å². The lowest BCUT2D eigenvalue weighted by atomic mass is 10.1. The van der Waals surface area contributed by atoms with Gasteiger partial charge in [0.25, 0.3) is 0 Å². The number of amides is 2. The molecule has 0 bridgehead atoms. The van der Waals surface area contributed by atoms with Crippen LogP contribution in [0.3, 0.4) is 0 Å². The third-order valence-corrected chi connectivity index (χ3v) is 8.07. The maximum Gasteiger partial charge on any atom is 0.318 e. The number of aromatic nitrogens is 2. The van der Waals surface area contributed by atoms with Crippen LogP contribution in [-0.2, 0) is 14.6 Å². The zero-order valence-electron chi connectivity index (χ0n) is 19.1. The van der Waals surface area contributed by atoms with Crippen molar-refractivity contribution in [3.05, 3.63) is 36.0 Å². The molecule has 0 saturated heterocycles. The van der Waals surface area contributed by atoms with E-state index in [0.717, 1.165) is 0 Å². The third kappa shape index (κ3) is 5.98. The summed E-state index contributed by atoms with van der Waals surface area (Å²) in [5, 5.41) is 27.3. The SMILES string of the molecule is CNC(=O)Nc1ccc(-c2nc(NCCO)cc(C3(S(=O)(=O)CCC(C)(C)O)CC3)n2)cc1. The minimum absolute atomic E-state index is 0.108. The van der Waals surface area contributed by atoms with Crippen LogP contribution in [0.2, 0.25) is 0 Å². The van der Waals surface area contributed by atoms with Gasteiger partial charge in [-0.15, -0.1) is 0 Å². The summed E-state index contributed by atoms with van der Waals surface area (Å²) in [7, 11) is -2.06. The smallest absolute Gasteiger partial charge is 0.318 e. The van der Waals surface area contributed by atoms with E-state index in [1.165, 1.54) is 7.05 Å². The van der Waals surface area contributed by atoms with Gasteiger partial charge in [0.05, 0.1) is 23.7 Å². The summed E-state index contributed by atoms with van der Waals surface area (Å²) in [5.41, 5.74) is 0.547. The van der Waals surface area contributed by atoms with Gasteiger partial charge in [0.1, 0.15) is 10.6 Å². The van der Waals surface area contributed by atoms with E-state index in [-0.39, 0.29) is 31.4 Å². The highest BCUT2D eigenvalue weighted by molar-refractivity contribution is 7.92. The van der Waals surface area contributed by atoms with E-state index in [0.29, 0.717) is 41.4 Å². The summed E-state index contributed by atoms with van der Waals surface area (Å²) in [6, 6.07) is 8.16. The Morgan fingerprint density at radius 2 is 1.85 bits per heavy atom. The molecule has 2 aromatic rings. The number of urea groups is 1. The van der Waals surface area contributed by atoms with Gasteiger partial charge in [0, 0.05) is 30.9 Å². The van der Waals surface area contributed by atoms with Crippen molar-refractivity contribution in [2.75, 3.05) is 36.6 Å². The van der Waals surface area contributed by atoms with Crippen LogP contribution in [-0.4, -0.2) is 66.2 Å². The molecule has 1 fully saturated rings. The third-order valence-electron chi connectivity index (χ3n) is 5.52. The molecule has 33 heavy (non-hydrogen) atoms. The molecule has 0 aliphatic heterocycles. The molecule has 1 heterocycles. The molecular weight excluding hydrogens is 446 g/mol. The Morgan fingerprint density at radius 3 is 2.39 bits per heavy atom. The normalized spacial score (nSPS) is 15.1.